The second-order valence-electron chi connectivity index (χ2n) is 16.2. The second kappa shape index (κ2) is 14.8. The number of aromatic nitrogens is 3. The van der Waals surface area contributed by atoms with Gasteiger partial charge in [-0.15, -0.1) is 11.3 Å². The highest BCUT2D eigenvalue weighted by Crippen LogP contribution is 2.57. The Morgan fingerprint density at radius 3 is 2.66 bits per heavy atom. The molecule has 3 radical (unpaired) electrons. The minimum atomic E-state index is -1.57. The first-order chi connectivity index (χ1) is 26.8. The number of carbonyl (C=O) groups excluding carboxylic acids is 4. The van der Waals surface area contributed by atoms with E-state index >= 15 is 0 Å². The third kappa shape index (κ3) is 6.65. The molecule has 1 aliphatic carbocycles. The number of amides is 3. The summed E-state index contributed by atoms with van der Waals surface area (Å²) >= 11 is 1.42. The fourth-order valence-corrected chi connectivity index (χ4v) is 10.6. The van der Waals surface area contributed by atoms with Gasteiger partial charge in [-0.05, 0) is 62.4 Å². The van der Waals surface area contributed by atoms with E-state index in [-0.39, 0.29) is 36.7 Å². The van der Waals surface area contributed by atoms with Crippen LogP contribution < -0.4 is 10.7 Å². The minimum Gasteiger partial charge on any atom is -0.464 e. The molecule has 4 aliphatic rings. The van der Waals surface area contributed by atoms with E-state index in [1.165, 1.54) is 23.3 Å². The van der Waals surface area contributed by atoms with Crippen LogP contribution in [-0.2, 0) is 41.6 Å². The normalized spacial score (nSPS) is 25.4. The largest absolute Gasteiger partial charge is 0.464 e. The van der Waals surface area contributed by atoms with Crippen LogP contribution in [0.1, 0.15) is 81.7 Å². The Morgan fingerprint density at radius 1 is 1.14 bits per heavy atom. The topological polar surface area (TPSA) is 148 Å². The fraction of sp³-hybridized carbons (Fsp3) is 0.512. The van der Waals surface area contributed by atoms with E-state index in [2.05, 4.69) is 70.6 Å². The van der Waals surface area contributed by atoms with E-state index in [0.717, 1.165) is 51.2 Å². The predicted octanol–water partition coefficient (Wildman–Crippen LogP) is 4.49. The molecule has 293 valence electrons. The van der Waals surface area contributed by atoms with E-state index in [4.69, 9.17) is 19.4 Å². The van der Waals surface area contributed by atoms with Crippen LogP contribution in [0.4, 0.5) is 0 Å². The van der Waals surface area contributed by atoms with Gasteiger partial charge in [-0.2, -0.15) is 0 Å². The van der Waals surface area contributed by atoms with Gasteiger partial charge in [-0.3, -0.25) is 29.2 Å². The van der Waals surface area contributed by atoms with E-state index in [1.54, 1.807) is 18.2 Å². The zero-order valence-electron chi connectivity index (χ0n) is 32.5. The highest BCUT2D eigenvalue weighted by atomic mass is 32.1. The first kappa shape index (κ1) is 38.4. The van der Waals surface area contributed by atoms with Crippen molar-refractivity contribution in [1.29, 1.82) is 0 Å². The molecule has 0 spiro atoms. The van der Waals surface area contributed by atoms with Crippen molar-refractivity contribution in [2.75, 3.05) is 33.4 Å². The number of piperidine rings is 1. The zero-order chi connectivity index (χ0) is 39.5. The van der Waals surface area contributed by atoms with Gasteiger partial charge in [0.05, 0.1) is 38.9 Å². The van der Waals surface area contributed by atoms with Gasteiger partial charge < -0.3 is 24.3 Å². The van der Waals surface area contributed by atoms with Crippen LogP contribution in [0.2, 0.25) is 0 Å². The number of rotatable bonds is 4. The first-order valence-corrected chi connectivity index (χ1v) is 20.9. The fourth-order valence-electron chi connectivity index (χ4n) is 9.15. The second-order valence-corrected chi connectivity index (χ2v) is 18.0. The molecule has 3 aromatic heterocycles. The maximum atomic E-state index is 14.6. The average molecular weight is 795 g/mol. The molecule has 2 N–H and O–H groups in total. The molecule has 2 fully saturated rings. The monoisotopic (exact) mass is 794 g/mol. The van der Waals surface area contributed by atoms with Gasteiger partial charge in [-0.1, -0.05) is 19.9 Å². The highest BCUT2D eigenvalue weighted by molar-refractivity contribution is 7.10. The van der Waals surface area contributed by atoms with E-state index in [9.17, 15) is 19.2 Å². The number of hydrazine groups is 1. The molecular weight excluding hydrogens is 747 g/mol. The van der Waals surface area contributed by atoms with Gasteiger partial charge in [-0.25, -0.2) is 10.4 Å². The number of hydrogen-bond donors (Lipinski definition) is 2. The summed E-state index contributed by atoms with van der Waals surface area (Å²) in [5, 5.41) is 6.60. The number of pyridine rings is 1. The minimum absolute atomic E-state index is 0.0181. The molecule has 56 heavy (non-hydrogen) atoms. The van der Waals surface area contributed by atoms with Crippen molar-refractivity contribution in [3.63, 3.8) is 0 Å². The molecular formula is C41H48N7O6SSi. The van der Waals surface area contributed by atoms with Crippen molar-refractivity contribution in [2.45, 2.75) is 89.6 Å². The summed E-state index contributed by atoms with van der Waals surface area (Å²) in [7, 11) is 5.50. The van der Waals surface area contributed by atoms with E-state index in [1.807, 2.05) is 11.4 Å². The third-order valence-corrected chi connectivity index (χ3v) is 13.4. The number of likely N-dealkylation sites (tertiary alicyclic amines) is 1. The van der Waals surface area contributed by atoms with Gasteiger partial charge in [0.1, 0.15) is 17.3 Å². The van der Waals surface area contributed by atoms with Crippen molar-refractivity contribution in [3.8, 4) is 22.5 Å². The predicted molar refractivity (Wildman–Crippen MR) is 212 cm³/mol. The average Bonchev–Trinajstić information content (AvgIpc) is 3.80. The number of hydrogen-bond acceptors (Lipinski definition) is 10. The molecule has 2 saturated heterocycles. The van der Waals surface area contributed by atoms with E-state index < -0.39 is 34.6 Å². The summed E-state index contributed by atoms with van der Waals surface area (Å²) < 4.78 is 14.8. The summed E-state index contributed by atoms with van der Waals surface area (Å²) in [6.07, 6.45) is 3.48. The van der Waals surface area contributed by atoms with Crippen LogP contribution in [-0.4, -0.2) is 103 Å². The maximum Gasteiger partial charge on any atom is 0.324 e. The number of ether oxygens (including phenoxy) is 2. The van der Waals surface area contributed by atoms with Gasteiger partial charge in [0.2, 0.25) is 11.8 Å². The number of nitrogens with zero attached hydrogens (tertiary/aromatic N) is 5. The number of benzene rings is 1. The van der Waals surface area contributed by atoms with Crippen LogP contribution in [0.25, 0.3) is 33.4 Å². The Morgan fingerprint density at radius 2 is 1.93 bits per heavy atom. The molecule has 3 amide bonds. The Labute approximate surface area is 333 Å². The lowest BCUT2D eigenvalue weighted by Crippen LogP contribution is -2.67. The van der Waals surface area contributed by atoms with Gasteiger partial charge in [0, 0.05) is 97.5 Å². The van der Waals surface area contributed by atoms with Crippen LogP contribution in [0.15, 0.2) is 41.9 Å². The molecule has 2 unspecified atom stereocenters. The number of thiazole rings is 1. The first-order valence-electron chi connectivity index (χ1n) is 19.5. The van der Waals surface area contributed by atoms with Gasteiger partial charge in [0.15, 0.2) is 0 Å². The van der Waals surface area contributed by atoms with E-state index in [0.29, 0.717) is 50.3 Å². The Kier molecular flexibility index (Phi) is 10.2. The molecule has 13 nitrogen and oxygen atoms in total. The Hall–Kier alpha value is -4.44. The SMILES string of the molecule is CCn1c2c3c4cc(ccc41)-c1csc(n1)CC([Si])(NC(=O)C1CCN(C(C)=O)CC1)C(=O)N1CCC[C@H](N1)C(=O)OCC(C)(C)C3[C@H](OC)c1ncccc1-2. The zero-order valence-corrected chi connectivity index (χ0v) is 34.3. The van der Waals surface area contributed by atoms with Crippen LogP contribution in [0.5, 0.6) is 0 Å². The molecule has 4 atom stereocenters. The standard InChI is InChI=1S/C41H48N7O6SSi/c1-6-47-30-12-11-25-19-27(30)32-33(36(53-5)34-26(35(32)47)9-7-15-42-34)40(3,4)22-54-38(51)28-10-8-16-48(45-28)39(52)41(56,20-31-43-29(25)21-55-31)44-37(50)24-13-17-46(18-14-24)23(2)49/h7,9,11-12,15,19,21,24,28,33,36,45H,6,8,10,13-14,16-18,20,22H2,1-5H3,(H,44,50)/t28-,33?,36-,41?/m0/s1. The molecule has 0 saturated carbocycles. The van der Waals surface area contributed by atoms with Crippen molar-refractivity contribution in [1.82, 2.24) is 35.2 Å². The lowest BCUT2D eigenvalue weighted by Gasteiger charge is -2.42. The summed E-state index contributed by atoms with van der Waals surface area (Å²) in [6, 6.07) is 9.70. The number of cyclic esters (lactones) is 1. The maximum absolute atomic E-state index is 14.6. The molecule has 6 heterocycles. The molecule has 4 aromatic rings. The van der Waals surface area contributed by atoms with Crippen molar-refractivity contribution in [2.24, 2.45) is 11.3 Å². The quantitative estimate of drug-likeness (QED) is 0.225. The number of nitrogens with one attached hydrogen (secondary N) is 2. The number of aryl methyl sites for hydroxylation is 1. The van der Waals surface area contributed by atoms with Crippen LogP contribution in [0, 0.1) is 11.3 Å². The smallest absolute Gasteiger partial charge is 0.324 e. The lowest BCUT2D eigenvalue weighted by molar-refractivity contribution is -0.157. The summed E-state index contributed by atoms with van der Waals surface area (Å²) in [5.41, 5.74) is 9.36. The molecule has 8 rings (SSSR count). The van der Waals surface area contributed by atoms with Crippen LogP contribution in [0.3, 0.4) is 0 Å². The van der Waals surface area contributed by atoms with Gasteiger partial charge >= 0.3 is 5.97 Å². The molecule has 3 aliphatic heterocycles. The molecule has 1 aromatic carbocycles. The lowest BCUT2D eigenvalue weighted by atomic mass is 9.67. The number of esters is 1. The van der Waals surface area contributed by atoms with Crippen molar-refractivity contribution >= 4 is 56.2 Å². The van der Waals surface area contributed by atoms with Crippen molar-refractivity contribution < 1.29 is 28.7 Å². The van der Waals surface area contributed by atoms with Crippen LogP contribution >= 0.6 is 11.3 Å². The Bertz CT molecular complexity index is 2210. The summed E-state index contributed by atoms with van der Waals surface area (Å²) in [5.74, 6) is -1.79. The summed E-state index contributed by atoms with van der Waals surface area (Å²) in [6.45, 7) is 10.00. The Balaban J connectivity index is 1.24. The summed E-state index contributed by atoms with van der Waals surface area (Å²) in [4.78, 5) is 66.0. The number of methoxy groups -OCH3 is 1. The highest BCUT2D eigenvalue weighted by Gasteiger charge is 2.48. The number of fused-ring (bicyclic) bond motifs is 8. The number of carbonyl (C=O) groups is 4. The van der Waals surface area contributed by atoms with Crippen molar-refractivity contribution in [3.05, 3.63) is 58.2 Å². The third-order valence-electron chi connectivity index (χ3n) is 12.1. The molecule has 6 bridgehead atoms. The van der Waals surface area contributed by atoms with Gasteiger partial charge in [0.25, 0.3) is 5.91 Å². The molecule has 15 heteroatoms.